The van der Waals surface area contributed by atoms with E-state index in [1.807, 2.05) is 38.2 Å². The van der Waals surface area contributed by atoms with Gasteiger partial charge in [-0.05, 0) is 58.5 Å². The highest BCUT2D eigenvalue weighted by Gasteiger charge is 2.24. The summed E-state index contributed by atoms with van der Waals surface area (Å²) >= 11 is 7.84. The molecule has 1 aromatic carbocycles. The smallest absolute Gasteiger partial charge is 0.220 e. The summed E-state index contributed by atoms with van der Waals surface area (Å²) in [5.74, 6) is 1.62. The van der Waals surface area contributed by atoms with E-state index in [0.29, 0.717) is 24.4 Å². The van der Waals surface area contributed by atoms with Crippen LogP contribution in [0.1, 0.15) is 46.1 Å². The molecule has 1 aliphatic rings. The summed E-state index contributed by atoms with van der Waals surface area (Å²) < 4.78 is 2.09. The lowest BCUT2D eigenvalue weighted by Crippen LogP contribution is -2.45. The first kappa shape index (κ1) is 28.4. The number of rotatable bonds is 10. The number of aryl methyl sites for hydroxylation is 3. The Morgan fingerprint density at radius 1 is 1.11 bits per heavy atom. The van der Waals surface area contributed by atoms with Crippen LogP contribution < -0.4 is 5.32 Å². The molecule has 1 aliphatic heterocycles. The third kappa shape index (κ3) is 6.69. The fourth-order valence-electron chi connectivity index (χ4n) is 4.79. The molecule has 3 heterocycles. The lowest BCUT2D eigenvalue weighted by atomic mass is 10.00. The molecule has 1 N–H and O–H groups in total. The molecule has 0 atom stereocenters. The first-order chi connectivity index (χ1) is 18.3. The lowest BCUT2D eigenvalue weighted by Gasteiger charge is -2.32. The third-order valence-electron chi connectivity index (χ3n) is 7.18. The Bertz CT molecular complexity index is 1270. The number of aromatic nitrogens is 3. The molecular formula is C28H38ClN7OS. The zero-order valence-corrected chi connectivity index (χ0v) is 24.6. The molecule has 1 saturated heterocycles. The molecule has 0 aliphatic carbocycles. The van der Waals surface area contributed by atoms with Crippen LogP contribution in [0.15, 0.2) is 29.3 Å². The highest BCUT2D eigenvalue weighted by Crippen LogP contribution is 2.34. The van der Waals surface area contributed by atoms with E-state index < -0.39 is 0 Å². The molecule has 1 amide bonds. The Morgan fingerprint density at radius 2 is 1.82 bits per heavy atom. The average Bonchev–Trinajstić information content (AvgIpc) is 3.41. The Morgan fingerprint density at radius 3 is 2.50 bits per heavy atom. The van der Waals surface area contributed by atoms with Crippen LogP contribution in [-0.2, 0) is 11.2 Å². The molecule has 10 heteroatoms. The second-order valence-corrected chi connectivity index (χ2v) is 11.5. The minimum atomic E-state index is 0.0475. The van der Waals surface area contributed by atoms with Crippen LogP contribution in [0.2, 0.25) is 5.02 Å². The topological polar surface area (TPSA) is 78.6 Å². The number of hydrogen-bond donors (Lipinski definition) is 1. The number of benzene rings is 1. The summed E-state index contributed by atoms with van der Waals surface area (Å²) in [5, 5.41) is 13.6. The number of aliphatic imine (C=N–C) groups is 1. The van der Waals surface area contributed by atoms with Gasteiger partial charge in [0.15, 0.2) is 0 Å². The van der Waals surface area contributed by atoms with Crippen LogP contribution in [0.25, 0.3) is 5.00 Å². The van der Waals surface area contributed by atoms with Crippen LogP contribution in [-0.4, -0.2) is 89.5 Å². The van der Waals surface area contributed by atoms with Crippen LogP contribution in [0.5, 0.6) is 0 Å². The van der Waals surface area contributed by atoms with Crippen molar-refractivity contribution >= 4 is 34.6 Å². The van der Waals surface area contributed by atoms with Gasteiger partial charge in [0.25, 0.3) is 0 Å². The zero-order chi connectivity index (χ0) is 27.2. The SMILES string of the molecule is CN=C(c1ccc(Cl)cc1)c1c(-n2c(C)nnc2CCC(=O)NCCCN2CCN(C)CC2)sc(C)c1C. The number of carbonyl (C=O) groups excluding carboxylic acids is 1. The van der Waals surface area contributed by atoms with Crippen molar-refractivity contribution in [3.05, 3.63) is 62.5 Å². The number of thiophene rings is 1. The summed E-state index contributed by atoms with van der Waals surface area (Å²) in [6.45, 7) is 12.4. The van der Waals surface area contributed by atoms with E-state index in [4.69, 9.17) is 11.6 Å². The largest absolute Gasteiger partial charge is 0.356 e. The molecule has 0 saturated carbocycles. The summed E-state index contributed by atoms with van der Waals surface area (Å²) in [6, 6.07) is 7.76. The molecule has 8 nitrogen and oxygen atoms in total. The second kappa shape index (κ2) is 13.0. The molecule has 2 aromatic heterocycles. The fraction of sp³-hybridized carbons (Fsp3) is 0.500. The maximum atomic E-state index is 12.6. The predicted molar refractivity (Wildman–Crippen MR) is 156 cm³/mol. The highest BCUT2D eigenvalue weighted by molar-refractivity contribution is 7.15. The number of nitrogens with one attached hydrogen (secondary N) is 1. The Balaban J connectivity index is 1.44. The molecule has 0 unspecified atom stereocenters. The molecule has 0 radical (unpaired) electrons. The van der Waals surface area contributed by atoms with Crippen molar-refractivity contribution in [3.8, 4) is 5.00 Å². The minimum absolute atomic E-state index is 0.0475. The summed E-state index contributed by atoms with van der Waals surface area (Å²) in [6.07, 6.45) is 1.85. The van der Waals surface area contributed by atoms with Gasteiger partial charge in [-0.3, -0.25) is 14.4 Å². The van der Waals surface area contributed by atoms with Gasteiger partial charge in [-0.15, -0.1) is 21.5 Å². The molecule has 204 valence electrons. The van der Waals surface area contributed by atoms with Crippen molar-refractivity contribution in [2.24, 2.45) is 4.99 Å². The van der Waals surface area contributed by atoms with E-state index in [-0.39, 0.29) is 5.91 Å². The standard InChI is InChI=1S/C28H38ClN7OS/c1-19-20(2)38-28(26(19)27(30-4)22-7-9-23(29)10-8-22)36-21(3)32-33-24(36)11-12-25(37)31-13-6-14-35-17-15-34(5)16-18-35/h7-10H,6,11-18H2,1-5H3,(H,31,37). The van der Waals surface area contributed by atoms with Gasteiger partial charge in [0, 0.05) is 73.6 Å². The molecule has 3 aromatic rings. The summed E-state index contributed by atoms with van der Waals surface area (Å²) in [5.41, 5.74) is 4.14. The van der Waals surface area contributed by atoms with Gasteiger partial charge in [0.05, 0.1) is 5.71 Å². The van der Waals surface area contributed by atoms with E-state index in [2.05, 4.69) is 55.8 Å². The number of likely N-dealkylation sites (N-methyl/N-ethyl adjacent to an activating group) is 1. The third-order valence-corrected chi connectivity index (χ3v) is 8.63. The maximum absolute atomic E-state index is 12.6. The van der Waals surface area contributed by atoms with Crippen molar-refractivity contribution in [3.63, 3.8) is 0 Å². The van der Waals surface area contributed by atoms with Crippen molar-refractivity contribution in [2.45, 2.75) is 40.0 Å². The molecule has 4 rings (SSSR count). The van der Waals surface area contributed by atoms with Crippen molar-refractivity contribution in [2.75, 3.05) is 53.4 Å². The van der Waals surface area contributed by atoms with E-state index in [9.17, 15) is 4.79 Å². The molecule has 0 spiro atoms. The quantitative estimate of drug-likeness (QED) is 0.301. The molecule has 38 heavy (non-hydrogen) atoms. The first-order valence-electron chi connectivity index (χ1n) is 13.2. The summed E-state index contributed by atoms with van der Waals surface area (Å²) in [7, 11) is 3.98. The van der Waals surface area contributed by atoms with Crippen molar-refractivity contribution in [1.82, 2.24) is 29.9 Å². The average molecular weight is 556 g/mol. The van der Waals surface area contributed by atoms with E-state index >= 15 is 0 Å². The number of nitrogens with zero attached hydrogens (tertiary/aromatic N) is 6. The van der Waals surface area contributed by atoms with Gasteiger partial charge in [0.1, 0.15) is 16.6 Å². The number of carbonyl (C=O) groups is 1. The number of amides is 1. The van der Waals surface area contributed by atoms with Gasteiger partial charge in [0.2, 0.25) is 5.91 Å². The van der Waals surface area contributed by atoms with Gasteiger partial charge in [-0.25, -0.2) is 0 Å². The van der Waals surface area contributed by atoms with E-state index in [0.717, 1.165) is 72.6 Å². The zero-order valence-electron chi connectivity index (χ0n) is 23.1. The van der Waals surface area contributed by atoms with Gasteiger partial charge < -0.3 is 15.1 Å². The van der Waals surface area contributed by atoms with Crippen molar-refractivity contribution in [1.29, 1.82) is 0 Å². The number of halogens is 1. The second-order valence-electron chi connectivity index (χ2n) is 9.89. The van der Waals surface area contributed by atoms with Crippen LogP contribution in [0.3, 0.4) is 0 Å². The monoisotopic (exact) mass is 555 g/mol. The maximum Gasteiger partial charge on any atom is 0.220 e. The molecular weight excluding hydrogens is 518 g/mol. The first-order valence-corrected chi connectivity index (χ1v) is 14.4. The Hall–Kier alpha value is -2.59. The summed E-state index contributed by atoms with van der Waals surface area (Å²) in [4.78, 5) is 23.3. The molecule has 1 fully saturated rings. The lowest BCUT2D eigenvalue weighted by molar-refractivity contribution is -0.121. The van der Waals surface area contributed by atoms with Gasteiger partial charge >= 0.3 is 0 Å². The van der Waals surface area contributed by atoms with E-state index in [1.54, 1.807) is 11.3 Å². The van der Waals surface area contributed by atoms with Crippen molar-refractivity contribution < 1.29 is 4.79 Å². The fourth-order valence-corrected chi connectivity index (χ4v) is 6.14. The Labute approximate surface area is 234 Å². The Kier molecular flexibility index (Phi) is 9.70. The van der Waals surface area contributed by atoms with Gasteiger partial charge in [-0.1, -0.05) is 23.7 Å². The van der Waals surface area contributed by atoms with Crippen LogP contribution in [0.4, 0.5) is 0 Å². The van der Waals surface area contributed by atoms with Gasteiger partial charge in [-0.2, -0.15) is 0 Å². The highest BCUT2D eigenvalue weighted by atomic mass is 35.5. The van der Waals surface area contributed by atoms with Crippen LogP contribution in [0, 0.1) is 20.8 Å². The molecule has 0 bridgehead atoms. The van der Waals surface area contributed by atoms with Crippen LogP contribution >= 0.6 is 22.9 Å². The number of piperazine rings is 1. The van der Waals surface area contributed by atoms with E-state index in [1.165, 1.54) is 10.4 Å². The normalized spacial score (nSPS) is 15.3. The predicted octanol–water partition coefficient (Wildman–Crippen LogP) is 4.06. The minimum Gasteiger partial charge on any atom is -0.356 e. The number of hydrogen-bond acceptors (Lipinski definition) is 7.